The molecule has 12 heavy (non-hydrogen) atoms. The molecule has 0 radical (unpaired) electrons. The Labute approximate surface area is 86.0 Å². The number of aliphatic hydroxyl groups is 1. The molecule has 0 spiro atoms. The Bertz CT molecular complexity index is 300. The van der Waals surface area contributed by atoms with Crippen molar-refractivity contribution in [3.8, 4) is 0 Å². The van der Waals surface area contributed by atoms with Gasteiger partial charge in [0, 0.05) is 11.5 Å². The molecule has 0 aromatic carbocycles. The van der Waals surface area contributed by atoms with E-state index in [0.717, 1.165) is 8.42 Å². The fourth-order valence-electron chi connectivity index (χ4n) is 0.824. The molecular formula is C6H6O2S4. The standard InChI is InChI=1S/C6H6O2S4/c7-3-1-9-4-5(10-2-3)12-6(8)11-4/h3,7H,1-2H2. The van der Waals surface area contributed by atoms with Crippen molar-refractivity contribution in [2.24, 2.45) is 0 Å². The van der Waals surface area contributed by atoms with Crippen molar-refractivity contribution in [1.82, 2.24) is 0 Å². The average molecular weight is 238 g/mol. The van der Waals surface area contributed by atoms with Gasteiger partial charge in [0.15, 0.2) is 0 Å². The van der Waals surface area contributed by atoms with Crippen molar-refractivity contribution in [1.29, 1.82) is 0 Å². The fourth-order valence-corrected chi connectivity index (χ4v) is 6.13. The highest BCUT2D eigenvalue weighted by molar-refractivity contribution is 8.05. The van der Waals surface area contributed by atoms with Gasteiger partial charge in [-0.3, -0.25) is 4.79 Å². The Morgan fingerprint density at radius 3 is 2.17 bits per heavy atom. The van der Waals surface area contributed by atoms with Gasteiger partial charge in [0.2, 0.25) is 0 Å². The zero-order valence-electron chi connectivity index (χ0n) is 5.98. The van der Waals surface area contributed by atoms with Gasteiger partial charge in [-0.1, -0.05) is 22.7 Å². The van der Waals surface area contributed by atoms with E-state index in [1.807, 2.05) is 0 Å². The molecule has 0 unspecified atom stereocenters. The lowest BCUT2D eigenvalue weighted by Gasteiger charge is -2.01. The van der Waals surface area contributed by atoms with E-state index in [-0.39, 0.29) is 10.2 Å². The highest BCUT2D eigenvalue weighted by atomic mass is 32.2. The van der Waals surface area contributed by atoms with Crippen molar-refractivity contribution in [3.05, 3.63) is 8.85 Å². The lowest BCUT2D eigenvalue weighted by atomic mass is 10.5. The van der Waals surface area contributed by atoms with Crippen LogP contribution >= 0.6 is 46.2 Å². The van der Waals surface area contributed by atoms with Crippen molar-refractivity contribution >= 4 is 46.2 Å². The molecule has 2 nitrogen and oxygen atoms in total. The molecule has 0 saturated carbocycles. The van der Waals surface area contributed by atoms with E-state index < -0.39 is 0 Å². The molecule has 0 amide bonds. The second-order valence-corrected chi connectivity index (χ2v) is 7.11. The summed E-state index contributed by atoms with van der Waals surface area (Å²) in [7, 11) is 0. The largest absolute Gasteiger partial charge is 0.391 e. The van der Waals surface area contributed by atoms with Gasteiger partial charge in [-0.25, -0.2) is 0 Å². The predicted molar refractivity (Wildman–Crippen MR) is 55.9 cm³/mol. The lowest BCUT2D eigenvalue weighted by Crippen LogP contribution is -2.10. The van der Waals surface area contributed by atoms with Crippen molar-refractivity contribution in [3.63, 3.8) is 0 Å². The highest BCUT2D eigenvalue weighted by Gasteiger charge is 2.18. The third-order valence-electron chi connectivity index (χ3n) is 1.33. The van der Waals surface area contributed by atoms with Crippen LogP contribution in [0.3, 0.4) is 0 Å². The van der Waals surface area contributed by atoms with Crippen LogP contribution in [0.1, 0.15) is 0 Å². The van der Waals surface area contributed by atoms with Crippen molar-refractivity contribution in [2.45, 2.75) is 14.5 Å². The summed E-state index contributed by atoms with van der Waals surface area (Å²) >= 11 is 5.79. The Morgan fingerprint density at radius 1 is 1.17 bits per heavy atom. The van der Waals surface area contributed by atoms with Crippen LogP contribution in [0.2, 0.25) is 0 Å². The summed E-state index contributed by atoms with van der Waals surface area (Å²) in [5, 5.41) is 9.34. The van der Waals surface area contributed by atoms with Gasteiger partial charge in [-0.05, 0) is 0 Å². The quantitative estimate of drug-likeness (QED) is 0.747. The second-order valence-electron chi connectivity index (χ2n) is 2.30. The molecule has 2 rings (SSSR count). The molecule has 6 heteroatoms. The third kappa shape index (κ3) is 1.88. The van der Waals surface area contributed by atoms with Crippen LogP contribution in [-0.2, 0) is 0 Å². The SMILES string of the molecule is O=c1sc2c(s1)SCC(O)CS2. The van der Waals surface area contributed by atoms with Crippen LogP contribution in [0.4, 0.5) is 0 Å². The fraction of sp³-hybridized carbons (Fsp3) is 0.500. The summed E-state index contributed by atoms with van der Waals surface area (Å²) in [6.45, 7) is 0. The Balaban J connectivity index is 2.30. The Morgan fingerprint density at radius 2 is 1.67 bits per heavy atom. The van der Waals surface area contributed by atoms with E-state index in [1.165, 1.54) is 22.7 Å². The summed E-state index contributed by atoms with van der Waals surface area (Å²) < 4.78 is 2.34. The minimum atomic E-state index is -0.234. The molecule has 1 aromatic rings. The first-order chi connectivity index (χ1) is 5.75. The zero-order chi connectivity index (χ0) is 8.55. The van der Waals surface area contributed by atoms with Crippen LogP contribution in [0, 0.1) is 0 Å². The van der Waals surface area contributed by atoms with E-state index in [4.69, 9.17) is 0 Å². The first-order valence-corrected chi connectivity index (χ1v) is 6.94. The summed E-state index contributed by atoms with van der Waals surface area (Å²) in [4.78, 5) is 11.0. The normalized spacial score (nSPS) is 18.8. The summed E-state index contributed by atoms with van der Waals surface area (Å²) in [6.07, 6.45) is -0.234. The smallest absolute Gasteiger partial charge is 0.289 e. The molecule has 0 bridgehead atoms. The van der Waals surface area contributed by atoms with Gasteiger partial charge in [-0.15, -0.1) is 23.5 Å². The van der Waals surface area contributed by atoms with Crippen LogP contribution < -0.4 is 4.06 Å². The Hall–Kier alpha value is 0.510. The number of fused-ring (bicyclic) bond motifs is 1. The predicted octanol–water partition coefficient (Wildman–Crippen LogP) is 1.73. The van der Waals surface area contributed by atoms with E-state index in [1.54, 1.807) is 23.5 Å². The lowest BCUT2D eigenvalue weighted by molar-refractivity contribution is 0.225. The minimum absolute atomic E-state index is 0.163. The number of thioether (sulfide) groups is 2. The van der Waals surface area contributed by atoms with Crippen molar-refractivity contribution in [2.75, 3.05) is 11.5 Å². The topological polar surface area (TPSA) is 37.3 Å². The van der Waals surface area contributed by atoms with E-state index in [0.29, 0.717) is 11.5 Å². The van der Waals surface area contributed by atoms with Crippen LogP contribution in [0.25, 0.3) is 0 Å². The van der Waals surface area contributed by atoms with Crippen molar-refractivity contribution < 1.29 is 5.11 Å². The maximum atomic E-state index is 11.0. The molecular weight excluding hydrogens is 232 g/mol. The molecule has 0 atom stereocenters. The molecule has 1 aliphatic heterocycles. The maximum Gasteiger partial charge on any atom is 0.289 e. The van der Waals surface area contributed by atoms with E-state index >= 15 is 0 Å². The van der Waals surface area contributed by atoms with Gasteiger partial charge in [0.25, 0.3) is 4.06 Å². The van der Waals surface area contributed by atoms with Gasteiger partial charge in [0.05, 0.1) is 14.5 Å². The van der Waals surface area contributed by atoms with Crippen LogP contribution in [0.15, 0.2) is 13.2 Å². The van der Waals surface area contributed by atoms with E-state index in [2.05, 4.69) is 0 Å². The molecule has 66 valence electrons. The third-order valence-corrected chi connectivity index (χ3v) is 6.70. The first kappa shape index (κ1) is 9.08. The average Bonchev–Trinajstić information content (AvgIpc) is 2.31. The number of hydrogen-bond donors (Lipinski definition) is 1. The minimum Gasteiger partial charge on any atom is -0.391 e. The molecule has 1 aromatic heterocycles. The van der Waals surface area contributed by atoms with Gasteiger partial charge < -0.3 is 5.11 Å². The summed E-state index contributed by atoms with van der Waals surface area (Å²) in [6, 6.07) is 0. The number of hydrogen-bond acceptors (Lipinski definition) is 6. The summed E-state index contributed by atoms with van der Waals surface area (Å²) in [5.41, 5.74) is 0. The van der Waals surface area contributed by atoms with Crippen LogP contribution in [-0.4, -0.2) is 22.7 Å². The van der Waals surface area contributed by atoms with Gasteiger partial charge >= 0.3 is 0 Å². The highest BCUT2D eigenvalue weighted by Crippen LogP contribution is 2.39. The molecule has 2 heterocycles. The zero-order valence-corrected chi connectivity index (χ0v) is 9.25. The van der Waals surface area contributed by atoms with Gasteiger partial charge in [0.1, 0.15) is 0 Å². The molecule has 0 saturated heterocycles. The monoisotopic (exact) mass is 238 g/mol. The molecule has 0 aliphatic carbocycles. The summed E-state index contributed by atoms with van der Waals surface area (Å²) in [5.74, 6) is 1.43. The van der Waals surface area contributed by atoms with Crippen LogP contribution in [0.5, 0.6) is 0 Å². The van der Waals surface area contributed by atoms with Gasteiger partial charge in [-0.2, -0.15) is 0 Å². The number of aliphatic hydroxyl groups excluding tert-OH is 1. The molecule has 0 fully saturated rings. The first-order valence-electron chi connectivity index (χ1n) is 3.33. The second kappa shape index (κ2) is 3.71. The maximum absolute atomic E-state index is 11.0. The molecule has 1 N–H and O–H groups in total. The number of rotatable bonds is 0. The Kier molecular flexibility index (Phi) is 2.81. The molecule has 1 aliphatic rings. The van der Waals surface area contributed by atoms with E-state index in [9.17, 15) is 9.90 Å².